The van der Waals surface area contributed by atoms with Crippen molar-refractivity contribution in [3.05, 3.63) is 58.1 Å². The summed E-state index contributed by atoms with van der Waals surface area (Å²) >= 11 is 3.52. The Balaban J connectivity index is 2.22. The van der Waals surface area contributed by atoms with E-state index < -0.39 is 6.09 Å². The number of benzene rings is 2. The first kappa shape index (κ1) is 13.6. The molecule has 0 bridgehead atoms. The number of hydrogen-bond acceptors (Lipinski definition) is 1. The second-order valence-electron chi connectivity index (χ2n) is 4.27. The van der Waals surface area contributed by atoms with Crippen LogP contribution in [-0.4, -0.2) is 11.2 Å². The van der Waals surface area contributed by atoms with E-state index in [0.717, 1.165) is 15.6 Å². The quantitative estimate of drug-likeness (QED) is 0.891. The van der Waals surface area contributed by atoms with Crippen molar-refractivity contribution in [3.63, 3.8) is 0 Å². The summed E-state index contributed by atoms with van der Waals surface area (Å²) in [5.74, 6) is 0. The Labute approximate surface area is 120 Å². The summed E-state index contributed by atoms with van der Waals surface area (Å²) in [7, 11) is 0. The van der Waals surface area contributed by atoms with Gasteiger partial charge in [-0.2, -0.15) is 0 Å². The Hall–Kier alpha value is -1.81. The third kappa shape index (κ3) is 3.35. The van der Waals surface area contributed by atoms with E-state index in [0.29, 0.717) is 6.54 Å². The van der Waals surface area contributed by atoms with Crippen LogP contribution in [0.1, 0.15) is 11.1 Å². The van der Waals surface area contributed by atoms with Gasteiger partial charge in [0.05, 0.1) is 0 Å². The van der Waals surface area contributed by atoms with Crippen molar-refractivity contribution >= 4 is 22.0 Å². The second kappa shape index (κ2) is 5.89. The fourth-order valence-corrected chi connectivity index (χ4v) is 2.27. The average Bonchev–Trinajstić information content (AvgIpc) is 2.40. The van der Waals surface area contributed by atoms with Gasteiger partial charge in [-0.15, -0.1) is 0 Å². The van der Waals surface area contributed by atoms with Crippen molar-refractivity contribution < 1.29 is 9.90 Å². The molecule has 0 unspecified atom stereocenters. The molecule has 0 aliphatic carbocycles. The topological polar surface area (TPSA) is 49.3 Å². The van der Waals surface area contributed by atoms with Gasteiger partial charge in [0.1, 0.15) is 0 Å². The lowest BCUT2D eigenvalue weighted by molar-refractivity contribution is 0.194. The van der Waals surface area contributed by atoms with Crippen LogP contribution in [0.25, 0.3) is 11.1 Å². The number of rotatable bonds is 3. The fraction of sp³-hybridized carbons (Fsp3) is 0.133. The van der Waals surface area contributed by atoms with Gasteiger partial charge in [0.25, 0.3) is 0 Å². The zero-order valence-electron chi connectivity index (χ0n) is 10.5. The van der Waals surface area contributed by atoms with E-state index in [1.807, 2.05) is 36.4 Å². The molecule has 19 heavy (non-hydrogen) atoms. The first-order chi connectivity index (χ1) is 9.08. The second-order valence-corrected chi connectivity index (χ2v) is 5.12. The van der Waals surface area contributed by atoms with E-state index >= 15 is 0 Å². The molecule has 2 rings (SSSR count). The summed E-state index contributed by atoms with van der Waals surface area (Å²) in [5, 5.41) is 10.9. The van der Waals surface area contributed by atoms with Crippen LogP contribution < -0.4 is 5.32 Å². The molecule has 98 valence electrons. The van der Waals surface area contributed by atoms with Crippen LogP contribution in [0.5, 0.6) is 0 Å². The summed E-state index contributed by atoms with van der Waals surface area (Å²) in [6.45, 7) is 2.40. The number of halogens is 1. The highest BCUT2D eigenvalue weighted by Gasteiger charge is 2.04. The molecule has 0 spiro atoms. The summed E-state index contributed by atoms with van der Waals surface area (Å²) in [6.07, 6.45) is -1.01. The molecule has 3 nitrogen and oxygen atoms in total. The van der Waals surface area contributed by atoms with Gasteiger partial charge in [-0.3, -0.25) is 0 Å². The van der Waals surface area contributed by atoms with E-state index in [4.69, 9.17) is 5.11 Å². The van der Waals surface area contributed by atoms with Gasteiger partial charge < -0.3 is 10.4 Å². The van der Waals surface area contributed by atoms with Gasteiger partial charge in [0.15, 0.2) is 0 Å². The minimum Gasteiger partial charge on any atom is -0.465 e. The van der Waals surface area contributed by atoms with E-state index in [1.54, 1.807) is 0 Å². The van der Waals surface area contributed by atoms with E-state index in [2.05, 4.69) is 34.2 Å². The van der Waals surface area contributed by atoms with Crippen LogP contribution in [0.2, 0.25) is 0 Å². The molecule has 0 aliphatic rings. The van der Waals surface area contributed by atoms with Crippen molar-refractivity contribution in [2.45, 2.75) is 13.5 Å². The highest BCUT2D eigenvalue weighted by molar-refractivity contribution is 9.10. The maximum absolute atomic E-state index is 10.4. The highest BCUT2D eigenvalue weighted by Crippen LogP contribution is 2.28. The molecule has 2 N–H and O–H groups in total. The van der Waals surface area contributed by atoms with E-state index in [1.165, 1.54) is 11.1 Å². The monoisotopic (exact) mass is 319 g/mol. The Morgan fingerprint density at radius 1 is 1.21 bits per heavy atom. The minimum atomic E-state index is -1.01. The van der Waals surface area contributed by atoms with Crippen molar-refractivity contribution in [1.82, 2.24) is 5.32 Å². The largest absolute Gasteiger partial charge is 0.465 e. The summed E-state index contributed by atoms with van der Waals surface area (Å²) in [5.41, 5.74) is 4.43. The lowest BCUT2D eigenvalue weighted by atomic mass is 9.99. The van der Waals surface area contributed by atoms with Crippen LogP contribution in [0, 0.1) is 6.92 Å². The van der Waals surface area contributed by atoms with Crippen LogP contribution in [0.15, 0.2) is 46.9 Å². The van der Waals surface area contributed by atoms with Crippen LogP contribution in [0.4, 0.5) is 4.79 Å². The van der Waals surface area contributed by atoms with Gasteiger partial charge in [-0.25, -0.2) is 4.79 Å². The number of hydrogen-bond donors (Lipinski definition) is 2. The molecule has 2 aromatic rings. The van der Waals surface area contributed by atoms with Gasteiger partial charge in [0, 0.05) is 11.0 Å². The molecule has 0 saturated heterocycles. The van der Waals surface area contributed by atoms with Gasteiger partial charge in [-0.05, 0) is 35.2 Å². The van der Waals surface area contributed by atoms with Gasteiger partial charge >= 0.3 is 6.09 Å². The summed E-state index contributed by atoms with van der Waals surface area (Å²) in [4.78, 5) is 10.4. The summed E-state index contributed by atoms with van der Waals surface area (Å²) in [6, 6.07) is 14.0. The molecule has 2 aromatic carbocycles. The molecule has 0 aromatic heterocycles. The maximum Gasteiger partial charge on any atom is 0.404 e. The zero-order chi connectivity index (χ0) is 13.8. The van der Waals surface area contributed by atoms with Crippen molar-refractivity contribution in [2.24, 2.45) is 0 Å². The third-order valence-corrected chi connectivity index (χ3v) is 3.84. The lowest BCUT2D eigenvalue weighted by Crippen LogP contribution is -2.19. The smallest absolute Gasteiger partial charge is 0.404 e. The lowest BCUT2D eigenvalue weighted by Gasteiger charge is -2.09. The highest BCUT2D eigenvalue weighted by atomic mass is 79.9. The molecule has 0 atom stereocenters. The van der Waals surface area contributed by atoms with Gasteiger partial charge in [-0.1, -0.05) is 52.3 Å². The number of carbonyl (C=O) groups is 1. The van der Waals surface area contributed by atoms with Gasteiger partial charge in [0.2, 0.25) is 0 Å². The maximum atomic E-state index is 10.4. The summed E-state index contributed by atoms with van der Waals surface area (Å²) < 4.78 is 1.08. The predicted octanol–water partition coefficient (Wildman–Crippen LogP) is 4.19. The molecular weight excluding hydrogens is 306 g/mol. The minimum absolute atomic E-state index is 0.326. The van der Waals surface area contributed by atoms with Crippen LogP contribution >= 0.6 is 15.9 Å². The van der Waals surface area contributed by atoms with Crippen LogP contribution in [0.3, 0.4) is 0 Å². The molecule has 0 radical (unpaired) electrons. The number of carboxylic acid groups (broad SMARTS) is 1. The first-order valence-electron chi connectivity index (χ1n) is 5.89. The van der Waals surface area contributed by atoms with Crippen molar-refractivity contribution in [2.75, 3.05) is 0 Å². The van der Waals surface area contributed by atoms with E-state index in [-0.39, 0.29) is 0 Å². The Morgan fingerprint density at radius 2 is 1.89 bits per heavy atom. The molecule has 0 heterocycles. The molecular formula is C15H14BrNO2. The zero-order valence-corrected chi connectivity index (χ0v) is 12.1. The Morgan fingerprint density at radius 3 is 2.53 bits per heavy atom. The SMILES string of the molecule is Cc1c(Br)cccc1-c1ccc(CNC(=O)O)cc1. The molecule has 0 fully saturated rings. The molecule has 1 amide bonds. The first-order valence-corrected chi connectivity index (χ1v) is 6.68. The standard InChI is InChI=1S/C15H14BrNO2/c1-10-13(3-2-4-14(10)16)12-7-5-11(6-8-12)9-17-15(18)19/h2-8,17H,9H2,1H3,(H,18,19). The van der Waals surface area contributed by atoms with E-state index in [9.17, 15) is 4.79 Å². The van der Waals surface area contributed by atoms with Crippen LogP contribution in [-0.2, 0) is 6.54 Å². The Bertz CT molecular complexity index is 594. The number of amides is 1. The normalized spacial score (nSPS) is 10.2. The predicted molar refractivity (Wildman–Crippen MR) is 79.2 cm³/mol. The molecule has 4 heteroatoms. The molecule has 0 saturated carbocycles. The van der Waals surface area contributed by atoms with Crippen molar-refractivity contribution in [3.8, 4) is 11.1 Å². The third-order valence-electron chi connectivity index (χ3n) is 2.98. The molecule has 0 aliphatic heterocycles. The fourth-order valence-electron chi connectivity index (χ4n) is 1.90. The Kier molecular flexibility index (Phi) is 4.22. The van der Waals surface area contributed by atoms with Crippen molar-refractivity contribution in [1.29, 1.82) is 0 Å². The number of nitrogens with one attached hydrogen (secondary N) is 1. The average molecular weight is 320 g/mol.